The van der Waals surface area contributed by atoms with Gasteiger partial charge in [-0.1, -0.05) is 24.3 Å². The molecule has 0 N–H and O–H groups in total. The SMILES string of the molecule is O=S(=O)(c1ccccc1)n1cccc1CN1CCCN(Cc2ccccn2)CC1. The smallest absolute Gasteiger partial charge is 0.267 e. The molecule has 152 valence electrons. The van der Waals surface area contributed by atoms with Gasteiger partial charge in [-0.05, 0) is 55.9 Å². The molecule has 0 saturated carbocycles. The molecule has 3 aromatic rings. The van der Waals surface area contributed by atoms with E-state index in [0.29, 0.717) is 11.4 Å². The third-order valence-corrected chi connectivity index (χ3v) is 7.01. The summed E-state index contributed by atoms with van der Waals surface area (Å²) in [7, 11) is -3.57. The summed E-state index contributed by atoms with van der Waals surface area (Å²) in [6.45, 7) is 5.31. The molecule has 0 amide bonds. The number of nitrogens with zero attached hydrogens (tertiary/aromatic N) is 4. The summed E-state index contributed by atoms with van der Waals surface area (Å²) in [6.07, 6.45) is 4.53. The van der Waals surface area contributed by atoms with Crippen LogP contribution in [-0.4, -0.2) is 53.4 Å². The van der Waals surface area contributed by atoms with Gasteiger partial charge in [-0.2, -0.15) is 0 Å². The van der Waals surface area contributed by atoms with E-state index in [1.165, 1.54) is 3.97 Å². The number of pyridine rings is 1. The number of benzene rings is 1. The summed E-state index contributed by atoms with van der Waals surface area (Å²) in [6, 6.07) is 18.3. The Bertz CT molecular complexity index is 1020. The number of hydrogen-bond acceptors (Lipinski definition) is 5. The highest BCUT2D eigenvalue weighted by molar-refractivity contribution is 7.90. The van der Waals surface area contributed by atoms with Crippen LogP contribution in [0.1, 0.15) is 17.8 Å². The monoisotopic (exact) mass is 410 g/mol. The van der Waals surface area contributed by atoms with E-state index in [4.69, 9.17) is 0 Å². The quantitative estimate of drug-likeness (QED) is 0.625. The van der Waals surface area contributed by atoms with Gasteiger partial charge in [0.2, 0.25) is 0 Å². The molecule has 0 unspecified atom stereocenters. The topological polar surface area (TPSA) is 58.4 Å². The zero-order valence-corrected chi connectivity index (χ0v) is 17.2. The van der Waals surface area contributed by atoms with E-state index in [-0.39, 0.29) is 0 Å². The van der Waals surface area contributed by atoms with Gasteiger partial charge in [-0.25, -0.2) is 12.4 Å². The van der Waals surface area contributed by atoms with E-state index in [1.807, 2.05) is 30.5 Å². The third-order valence-electron chi connectivity index (χ3n) is 5.27. The van der Waals surface area contributed by atoms with Gasteiger partial charge in [-0.3, -0.25) is 14.8 Å². The van der Waals surface area contributed by atoms with Crippen molar-refractivity contribution in [3.8, 4) is 0 Å². The van der Waals surface area contributed by atoms with Gasteiger partial charge in [0.15, 0.2) is 0 Å². The lowest BCUT2D eigenvalue weighted by Gasteiger charge is -2.22. The minimum absolute atomic E-state index is 0.315. The lowest BCUT2D eigenvalue weighted by Crippen LogP contribution is -2.31. The van der Waals surface area contributed by atoms with Crippen molar-refractivity contribution >= 4 is 10.0 Å². The Morgan fingerprint density at radius 2 is 1.52 bits per heavy atom. The summed E-state index contributed by atoms with van der Waals surface area (Å²) in [4.78, 5) is 9.50. The number of aromatic nitrogens is 2. The van der Waals surface area contributed by atoms with Crippen LogP contribution in [0.4, 0.5) is 0 Å². The van der Waals surface area contributed by atoms with Gasteiger partial charge in [0.05, 0.1) is 10.6 Å². The molecule has 29 heavy (non-hydrogen) atoms. The predicted molar refractivity (Wildman–Crippen MR) is 113 cm³/mol. The first-order valence-corrected chi connectivity index (χ1v) is 11.4. The Morgan fingerprint density at radius 1 is 0.793 bits per heavy atom. The van der Waals surface area contributed by atoms with Crippen LogP contribution in [0.15, 0.2) is 78.0 Å². The Labute approximate surface area is 172 Å². The maximum Gasteiger partial charge on any atom is 0.267 e. The molecule has 0 bridgehead atoms. The fourth-order valence-electron chi connectivity index (χ4n) is 3.75. The molecule has 0 atom stereocenters. The zero-order chi connectivity index (χ0) is 20.1. The van der Waals surface area contributed by atoms with Crippen LogP contribution >= 0.6 is 0 Å². The summed E-state index contributed by atoms with van der Waals surface area (Å²) in [5, 5.41) is 0. The van der Waals surface area contributed by atoms with Crippen LogP contribution in [0.2, 0.25) is 0 Å². The van der Waals surface area contributed by atoms with Crippen molar-refractivity contribution in [1.82, 2.24) is 18.8 Å². The fraction of sp³-hybridized carbons (Fsp3) is 0.318. The van der Waals surface area contributed by atoms with E-state index in [9.17, 15) is 8.42 Å². The molecule has 2 aromatic heterocycles. The van der Waals surface area contributed by atoms with Crippen LogP contribution < -0.4 is 0 Å². The van der Waals surface area contributed by atoms with Gasteiger partial charge in [0.25, 0.3) is 10.0 Å². The summed E-state index contributed by atoms with van der Waals surface area (Å²) in [5.41, 5.74) is 1.89. The van der Waals surface area contributed by atoms with Crippen LogP contribution in [0, 0.1) is 0 Å². The molecule has 1 aliphatic heterocycles. The third kappa shape index (κ3) is 4.75. The van der Waals surface area contributed by atoms with Gasteiger partial charge < -0.3 is 0 Å². The Morgan fingerprint density at radius 3 is 2.24 bits per heavy atom. The molecule has 1 aromatic carbocycles. The molecule has 1 fully saturated rings. The molecular formula is C22H26N4O2S. The highest BCUT2D eigenvalue weighted by atomic mass is 32.2. The van der Waals surface area contributed by atoms with Crippen LogP contribution in [0.25, 0.3) is 0 Å². The van der Waals surface area contributed by atoms with Crippen LogP contribution in [-0.2, 0) is 23.1 Å². The van der Waals surface area contributed by atoms with Crippen molar-refractivity contribution in [3.63, 3.8) is 0 Å². The van der Waals surface area contributed by atoms with Crippen molar-refractivity contribution in [3.05, 3.63) is 84.4 Å². The average Bonchev–Trinajstić information content (AvgIpc) is 3.11. The zero-order valence-electron chi connectivity index (χ0n) is 16.4. The van der Waals surface area contributed by atoms with Crippen LogP contribution in [0.3, 0.4) is 0 Å². The number of hydrogen-bond donors (Lipinski definition) is 0. The molecule has 0 radical (unpaired) electrons. The van der Waals surface area contributed by atoms with Gasteiger partial charge in [0, 0.05) is 44.3 Å². The van der Waals surface area contributed by atoms with E-state index >= 15 is 0 Å². The Balaban J connectivity index is 1.43. The highest BCUT2D eigenvalue weighted by Crippen LogP contribution is 2.18. The molecule has 3 heterocycles. The fourth-order valence-corrected chi connectivity index (χ4v) is 5.14. The standard InChI is InChI=1S/C22H26N4O2S/c27-29(28,22-10-2-1-3-11-22)26-15-6-9-21(26)19-25-14-7-13-24(16-17-25)18-20-8-4-5-12-23-20/h1-6,8-12,15H,7,13-14,16-19H2. The van der Waals surface area contributed by atoms with E-state index < -0.39 is 10.0 Å². The summed E-state index contributed by atoms with van der Waals surface area (Å²) < 4.78 is 27.4. The molecule has 1 aliphatic rings. The largest absolute Gasteiger partial charge is 0.296 e. The molecule has 6 nitrogen and oxygen atoms in total. The normalized spacial score (nSPS) is 16.6. The van der Waals surface area contributed by atoms with Gasteiger partial charge in [0.1, 0.15) is 0 Å². The minimum atomic E-state index is -3.57. The second kappa shape index (κ2) is 8.90. The summed E-state index contributed by atoms with van der Waals surface area (Å²) in [5.74, 6) is 0. The molecule has 0 spiro atoms. The molecular weight excluding hydrogens is 384 g/mol. The molecule has 1 saturated heterocycles. The van der Waals surface area contributed by atoms with Crippen molar-refractivity contribution < 1.29 is 8.42 Å². The second-order valence-electron chi connectivity index (χ2n) is 7.34. The first-order chi connectivity index (χ1) is 14.1. The molecule has 4 rings (SSSR count). The van der Waals surface area contributed by atoms with E-state index in [1.54, 1.807) is 36.5 Å². The first kappa shape index (κ1) is 19.8. The van der Waals surface area contributed by atoms with Crippen molar-refractivity contribution in [2.45, 2.75) is 24.4 Å². The second-order valence-corrected chi connectivity index (χ2v) is 9.16. The van der Waals surface area contributed by atoms with Crippen molar-refractivity contribution in [1.29, 1.82) is 0 Å². The van der Waals surface area contributed by atoms with Gasteiger partial charge in [-0.15, -0.1) is 0 Å². The lowest BCUT2D eigenvalue weighted by atomic mass is 10.3. The highest BCUT2D eigenvalue weighted by Gasteiger charge is 2.21. The molecule has 7 heteroatoms. The van der Waals surface area contributed by atoms with Crippen molar-refractivity contribution in [2.24, 2.45) is 0 Å². The first-order valence-electron chi connectivity index (χ1n) is 9.94. The summed E-state index contributed by atoms with van der Waals surface area (Å²) >= 11 is 0. The Kier molecular flexibility index (Phi) is 6.08. The van der Waals surface area contributed by atoms with E-state index in [2.05, 4.69) is 20.9 Å². The van der Waals surface area contributed by atoms with Gasteiger partial charge >= 0.3 is 0 Å². The number of rotatable bonds is 6. The lowest BCUT2D eigenvalue weighted by molar-refractivity contribution is 0.244. The maximum atomic E-state index is 13.0. The predicted octanol–water partition coefficient (Wildman–Crippen LogP) is 2.83. The Hall–Kier alpha value is -2.48. The molecule has 0 aliphatic carbocycles. The van der Waals surface area contributed by atoms with Crippen molar-refractivity contribution in [2.75, 3.05) is 26.2 Å². The minimum Gasteiger partial charge on any atom is -0.296 e. The average molecular weight is 411 g/mol. The van der Waals surface area contributed by atoms with Crippen LogP contribution in [0.5, 0.6) is 0 Å². The van der Waals surface area contributed by atoms with E-state index in [0.717, 1.165) is 50.5 Å². The maximum absolute atomic E-state index is 13.0.